The molecule has 0 aliphatic carbocycles. The molecule has 0 amide bonds. The molecule has 6 nitrogen and oxygen atoms in total. The van der Waals surface area contributed by atoms with E-state index in [0.29, 0.717) is 0 Å². The Hall–Kier alpha value is -1.33. The van der Waals surface area contributed by atoms with Gasteiger partial charge < -0.3 is 0 Å². The number of sulfonamides is 2. The maximum absolute atomic E-state index is 12.0. The van der Waals surface area contributed by atoms with Crippen LogP contribution < -0.4 is 9.86 Å². The number of primary sulfonamides is 1. The van der Waals surface area contributed by atoms with E-state index < -0.39 is 49.7 Å². The van der Waals surface area contributed by atoms with E-state index in [1.807, 2.05) is 4.72 Å². The molecule has 0 heterocycles. The first-order chi connectivity index (χ1) is 9.41. The smallest absolute Gasteiger partial charge is 0.282 e. The van der Waals surface area contributed by atoms with Gasteiger partial charge in [-0.1, -0.05) is 12.1 Å². The van der Waals surface area contributed by atoms with Crippen molar-refractivity contribution in [3.8, 4) is 0 Å². The van der Waals surface area contributed by atoms with E-state index in [2.05, 4.69) is 0 Å². The van der Waals surface area contributed by atoms with Gasteiger partial charge in [0.05, 0.1) is 11.4 Å². The Kier molecular flexibility index (Phi) is 5.23. The maximum Gasteiger partial charge on any atom is 0.389 e. The Morgan fingerprint density at radius 2 is 1.67 bits per heavy atom. The van der Waals surface area contributed by atoms with Crippen LogP contribution in [0.15, 0.2) is 29.2 Å². The molecular formula is C10H13F3N2O4S2. The maximum atomic E-state index is 12.0. The molecule has 0 unspecified atom stereocenters. The zero-order chi connectivity index (χ0) is 16.3. The molecule has 0 aliphatic rings. The summed E-state index contributed by atoms with van der Waals surface area (Å²) in [5.41, 5.74) is -0.299. The van der Waals surface area contributed by atoms with Crippen molar-refractivity contribution in [3.05, 3.63) is 24.3 Å². The highest BCUT2D eigenvalue weighted by molar-refractivity contribution is 7.93. The molecule has 1 rings (SSSR count). The molecule has 0 saturated carbocycles. The summed E-state index contributed by atoms with van der Waals surface area (Å²) in [6.45, 7) is 0. The summed E-state index contributed by atoms with van der Waals surface area (Å²) in [5, 5.41) is 4.92. The summed E-state index contributed by atoms with van der Waals surface area (Å²) in [6.07, 6.45) is -6.32. The molecule has 0 radical (unpaired) electrons. The van der Waals surface area contributed by atoms with Crippen LogP contribution in [0.5, 0.6) is 0 Å². The topological polar surface area (TPSA) is 106 Å². The van der Waals surface area contributed by atoms with Crippen molar-refractivity contribution < 1.29 is 30.0 Å². The Bertz CT molecular complexity index is 699. The van der Waals surface area contributed by atoms with Gasteiger partial charge in [-0.2, -0.15) is 13.2 Å². The van der Waals surface area contributed by atoms with Gasteiger partial charge in [-0.3, -0.25) is 4.72 Å². The minimum Gasteiger partial charge on any atom is -0.282 e. The van der Waals surface area contributed by atoms with Gasteiger partial charge in [-0.05, 0) is 18.6 Å². The quantitative estimate of drug-likeness (QED) is 0.812. The minimum atomic E-state index is -4.45. The predicted molar refractivity (Wildman–Crippen MR) is 70.5 cm³/mol. The summed E-state index contributed by atoms with van der Waals surface area (Å²) >= 11 is 0. The van der Waals surface area contributed by atoms with Crippen LogP contribution in [0.1, 0.15) is 12.8 Å². The first-order valence-corrected chi connectivity index (χ1v) is 8.80. The van der Waals surface area contributed by atoms with Crippen molar-refractivity contribution in [1.29, 1.82) is 0 Å². The highest BCUT2D eigenvalue weighted by Crippen LogP contribution is 2.23. The van der Waals surface area contributed by atoms with E-state index in [4.69, 9.17) is 5.14 Å². The van der Waals surface area contributed by atoms with Gasteiger partial charge in [0.2, 0.25) is 20.0 Å². The SMILES string of the molecule is NS(=O)(=O)c1ccccc1NS(=O)(=O)CCCC(F)(F)F. The van der Waals surface area contributed by atoms with Crippen LogP contribution in [0.25, 0.3) is 0 Å². The van der Waals surface area contributed by atoms with Crippen molar-refractivity contribution >= 4 is 25.7 Å². The van der Waals surface area contributed by atoms with Crippen LogP contribution in [-0.2, 0) is 20.0 Å². The third kappa shape index (κ3) is 6.31. The fourth-order valence-electron chi connectivity index (χ4n) is 1.48. The second-order valence-electron chi connectivity index (χ2n) is 4.18. The number of hydrogen-bond donors (Lipinski definition) is 2. The van der Waals surface area contributed by atoms with E-state index in [-0.39, 0.29) is 5.69 Å². The highest BCUT2D eigenvalue weighted by Gasteiger charge is 2.27. The average molecular weight is 346 g/mol. The van der Waals surface area contributed by atoms with E-state index >= 15 is 0 Å². The number of para-hydroxylation sites is 1. The van der Waals surface area contributed by atoms with E-state index in [9.17, 15) is 30.0 Å². The number of nitrogens with two attached hydrogens (primary N) is 1. The lowest BCUT2D eigenvalue weighted by molar-refractivity contribution is -0.134. The Labute approximate surface area is 120 Å². The molecule has 21 heavy (non-hydrogen) atoms. The van der Waals surface area contributed by atoms with Gasteiger partial charge in [-0.25, -0.2) is 22.0 Å². The zero-order valence-corrected chi connectivity index (χ0v) is 12.2. The number of nitrogens with one attached hydrogen (secondary N) is 1. The summed E-state index contributed by atoms with van der Waals surface area (Å²) in [7, 11) is -8.27. The largest absolute Gasteiger partial charge is 0.389 e. The normalized spacial score (nSPS) is 13.1. The van der Waals surface area contributed by atoms with Crippen LogP contribution in [0, 0.1) is 0 Å². The fraction of sp³-hybridized carbons (Fsp3) is 0.400. The number of rotatable bonds is 6. The molecule has 0 saturated heterocycles. The monoisotopic (exact) mass is 346 g/mol. The Balaban J connectivity index is 2.86. The molecule has 0 spiro atoms. The van der Waals surface area contributed by atoms with E-state index in [1.54, 1.807) is 0 Å². The summed E-state index contributed by atoms with van der Waals surface area (Å²) in [4.78, 5) is -0.454. The lowest BCUT2D eigenvalue weighted by Gasteiger charge is -2.11. The number of alkyl halides is 3. The van der Waals surface area contributed by atoms with Gasteiger partial charge in [0.25, 0.3) is 0 Å². The number of hydrogen-bond acceptors (Lipinski definition) is 4. The standard InChI is InChI=1S/C10H13F3N2O4S2/c11-10(12,13)6-3-7-20(16,17)15-8-4-1-2-5-9(8)21(14,18)19/h1-2,4-5,15H,3,6-7H2,(H2,14,18,19). The third-order valence-electron chi connectivity index (χ3n) is 2.33. The lowest BCUT2D eigenvalue weighted by Crippen LogP contribution is -2.21. The first-order valence-electron chi connectivity index (χ1n) is 5.60. The Morgan fingerprint density at radius 1 is 1.10 bits per heavy atom. The van der Waals surface area contributed by atoms with Crippen LogP contribution in [-0.4, -0.2) is 28.8 Å². The molecule has 0 atom stereocenters. The lowest BCUT2D eigenvalue weighted by atomic mass is 10.3. The molecule has 1 aromatic rings. The zero-order valence-electron chi connectivity index (χ0n) is 10.6. The highest BCUT2D eigenvalue weighted by atomic mass is 32.2. The van der Waals surface area contributed by atoms with Gasteiger partial charge >= 0.3 is 6.18 Å². The molecule has 0 bridgehead atoms. The first kappa shape index (κ1) is 17.7. The Morgan fingerprint density at radius 3 is 2.19 bits per heavy atom. The fourth-order valence-corrected chi connectivity index (χ4v) is 3.38. The van der Waals surface area contributed by atoms with Crippen LogP contribution in [0.2, 0.25) is 0 Å². The third-order valence-corrected chi connectivity index (χ3v) is 4.66. The van der Waals surface area contributed by atoms with Crippen molar-refractivity contribution in [3.63, 3.8) is 0 Å². The molecule has 3 N–H and O–H groups in total. The second-order valence-corrected chi connectivity index (χ2v) is 7.55. The summed E-state index contributed by atoms with van der Waals surface area (Å²) in [5.74, 6) is -0.786. The molecule has 0 fully saturated rings. The average Bonchev–Trinajstić information content (AvgIpc) is 2.25. The molecule has 0 aliphatic heterocycles. The number of anilines is 1. The van der Waals surface area contributed by atoms with E-state index in [0.717, 1.165) is 12.1 Å². The number of benzene rings is 1. The number of halogens is 3. The summed E-state index contributed by atoms with van der Waals surface area (Å²) in [6, 6.07) is 4.94. The van der Waals surface area contributed by atoms with Gasteiger partial charge in [0, 0.05) is 6.42 Å². The van der Waals surface area contributed by atoms with E-state index in [1.165, 1.54) is 12.1 Å². The summed E-state index contributed by atoms with van der Waals surface area (Å²) < 4.78 is 83.7. The van der Waals surface area contributed by atoms with Crippen molar-refractivity contribution in [1.82, 2.24) is 0 Å². The molecule has 0 aromatic heterocycles. The van der Waals surface area contributed by atoms with Gasteiger partial charge in [0.15, 0.2) is 0 Å². The van der Waals surface area contributed by atoms with Gasteiger partial charge in [0.1, 0.15) is 4.90 Å². The van der Waals surface area contributed by atoms with Crippen LogP contribution in [0.4, 0.5) is 18.9 Å². The molecular weight excluding hydrogens is 333 g/mol. The van der Waals surface area contributed by atoms with Gasteiger partial charge in [-0.15, -0.1) is 0 Å². The van der Waals surface area contributed by atoms with Crippen molar-refractivity contribution in [2.75, 3.05) is 10.5 Å². The van der Waals surface area contributed by atoms with Crippen LogP contribution in [0.3, 0.4) is 0 Å². The molecule has 1 aromatic carbocycles. The minimum absolute atomic E-state index is 0.299. The molecule has 11 heteroatoms. The van der Waals surface area contributed by atoms with Crippen molar-refractivity contribution in [2.45, 2.75) is 23.9 Å². The van der Waals surface area contributed by atoms with Crippen molar-refractivity contribution in [2.24, 2.45) is 5.14 Å². The van der Waals surface area contributed by atoms with Crippen LogP contribution >= 0.6 is 0 Å². The second kappa shape index (κ2) is 6.20. The predicted octanol–water partition coefficient (Wildman–Crippen LogP) is 1.42. The molecule has 120 valence electrons.